The van der Waals surface area contributed by atoms with Crippen molar-refractivity contribution in [3.63, 3.8) is 0 Å². The minimum absolute atomic E-state index is 0. The first-order valence-corrected chi connectivity index (χ1v) is 9.45. The number of piperazine rings is 1. The van der Waals surface area contributed by atoms with Gasteiger partial charge in [-0.1, -0.05) is 0 Å². The van der Waals surface area contributed by atoms with E-state index in [-0.39, 0.29) is 17.8 Å². The minimum atomic E-state index is 0. The van der Waals surface area contributed by atoms with Crippen molar-refractivity contribution < 1.29 is 4.79 Å². The zero-order chi connectivity index (χ0) is 15.0. The third-order valence-corrected chi connectivity index (χ3v) is 6.67. The maximum atomic E-state index is 12.8. The van der Waals surface area contributed by atoms with Crippen molar-refractivity contribution in [3.05, 3.63) is 0 Å². The molecule has 5 aliphatic rings. The van der Waals surface area contributed by atoms with E-state index in [0.717, 1.165) is 63.4 Å². The largest absolute Gasteiger partial charge is 0.356 e. The molecule has 0 spiro atoms. The lowest BCUT2D eigenvalue weighted by molar-refractivity contribution is -0.146. The second kappa shape index (κ2) is 7.28. The Hall–Kier alpha value is -0.320. The lowest BCUT2D eigenvalue weighted by Gasteiger charge is -2.55. The fraction of sp³-hybridized carbons (Fsp3) is 0.944. The molecule has 5 rings (SSSR count). The summed E-state index contributed by atoms with van der Waals surface area (Å²) < 4.78 is 0. The predicted octanol–water partition coefficient (Wildman–Crippen LogP) is 2.04. The molecule has 0 aromatic rings. The number of carbonyl (C=O) groups excluding carboxylic acids is 1. The van der Waals surface area contributed by atoms with Gasteiger partial charge in [-0.3, -0.25) is 4.79 Å². The van der Waals surface area contributed by atoms with E-state index in [1.165, 1.54) is 38.5 Å². The smallest absolute Gasteiger partial charge is 0.226 e. The maximum Gasteiger partial charge on any atom is 0.226 e. The van der Waals surface area contributed by atoms with Gasteiger partial charge in [0.1, 0.15) is 0 Å². The third-order valence-electron chi connectivity index (χ3n) is 6.67. The Bertz CT molecular complexity index is 387. The number of nitrogens with one attached hydrogen (secondary N) is 2. The molecule has 1 heterocycles. The van der Waals surface area contributed by atoms with Crippen LogP contribution in [0.5, 0.6) is 0 Å². The van der Waals surface area contributed by atoms with Gasteiger partial charge in [0, 0.05) is 38.1 Å². The number of halogens is 1. The highest BCUT2D eigenvalue weighted by Gasteiger charge is 2.54. The summed E-state index contributed by atoms with van der Waals surface area (Å²) in [6.45, 7) is 6.53. The quantitative estimate of drug-likeness (QED) is 0.752. The molecule has 5 heteroatoms. The van der Waals surface area contributed by atoms with E-state index in [4.69, 9.17) is 0 Å². The molecule has 4 nitrogen and oxygen atoms in total. The van der Waals surface area contributed by atoms with E-state index in [2.05, 4.69) is 15.5 Å². The van der Waals surface area contributed by atoms with Crippen molar-refractivity contribution in [1.82, 2.24) is 15.5 Å². The number of rotatable bonds is 5. The van der Waals surface area contributed by atoms with E-state index in [0.29, 0.717) is 5.91 Å². The topological polar surface area (TPSA) is 44.4 Å². The number of carbonyl (C=O) groups is 1. The van der Waals surface area contributed by atoms with E-state index in [9.17, 15) is 4.79 Å². The van der Waals surface area contributed by atoms with Gasteiger partial charge >= 0.3 is 0 Å². The van der Waals surface area contributed by atoms with Gasteiger partial charge in [-0.25, -0.2) is 0 Å². The van der Waals surface area contributed by atoms with Crippen molar-refractivity contribution in [3.8, 4) is 0 Å². The molecule has 2 N–H and O–H groups in total. The molecule has 4 saturated carbocycles. The van der Waals surface area contributed by atoms with E-state index >= 15 is 0 Å². The molecular formula is C18H32ClN3O. The molecule has 1 amide bonds. The zero-order valence-electron chi connectivity index (χ0n) is 14.2. The molecule has 1 saturated heterocycles. The first-order valence-electron chi connectivity index (χ1n) is 9.45. The summed E-state index contributed by atoms with van der Waals surface area (Å²) in [6, 6.07) is 0. The number of hydrogen-bond donors (Lipinski definition) is 2. The molecular weight excluding hydrogens is 310 g/mol. The molecule has 4 aliphatic carbocycles. The Morgan fingerprint density at radius 2 is 1.61 bits per heavy atom. The average molecular weight is 342 g/mol. The Morgan fingerprint density at radius 1 is 1.04 bits per heavy atom. The summed E-state index contributed by atoms with van der Waals surface area (Å²) in [5, 5.41) is 6.68. The maximum absolute atomic E-state index is 12.8. The normalized spacial score (nSPS) is 39.0. The van der Waals surface area contributed by atoms with Crippen molar-refractivity contribution >= 4 is 18.3 Å². The standard InChI is InChI=1S/C18H31N3O.ClH/c22-17(20-2-1-5-21-6-3-19-4-7-21)18-11-14-8-15(12-18)10-16(9-14)13-18;/h14-16,19H,1-13H2,(H,20,22);1H. The Labute approximate surface area is 146 Å². The van der Waals surface area contributed by atoms with Crippen LogP contribution in [0.25, 0.3) is 0 Å². The molecule has 0 unspecified atom stereocenters. The summed E-state index contributed by atoms with van der Waals surface area (Å²) in [4.78, 5) is 15.3. The van der Waals surface area contributed by atoms with Gasteiger partial charge in [0.2, 0.25) is 5.91 Å². The van der Waals surface area contributed by atoms with Crippen molar-refractivity contribution in [2.24, 2.45) is 23.2 Å². The number of nitrogens with zero attached hydrogens (tertiary/aromatic N) is 1. The van der Waals surface area contributed by atoms with Gasteiger partial charge in [-0.15, -0.1) is 12.4 Å². The highest BCUT2D eigenvalue weighted by Crippen LogP contribution is 2.60. The summed E-state index contributed by atoms with van der Waals surface area (Å²) in [6.07, 6.45) is 8.88. The second-order valence-electron chi connectivity index (χ2n) is 8.40. The monoisotopic (exact) mass is 341 g/mol. The predicted molar refractivity (Wildman–Crippen MR) is 94.8 cm³/mol. The Morgan fingerprint density at radius 3 is 2.17 bits per heavy atom. The Balaban J connectivity index is 0.00000156. The molecule has 5 fully saturated rings. The van der Waals surface area contributed by atoms with Crippen LogP contribution in [-0.4, -0.2) is 50.1 Å². The summed E-state index contributed by atoms with van der Waals surface area (Å²) in [5.41, 5.74) is 0.0315. The first-order chi connectivity index (χ1) is 10.7. The van der Waals surface area contributed by atoms with Crippen molar-refractivity contribution in [2.45, 2.75) is 44.9 Å². The molecule has 0 radical (unpaired) electrons. The average Bonchev–Trinajstić information content (AvgIpc) is 2.51. The van der Waals surface area contributed by atoms with Crippen LogP contribution in [0.15, 0.2) is 0 Å². The molecule has 0 aromatic heterocycles. The van der Waals surface area contributed by atoms with Gasteiger partial charge in [-0.2, -0.15) is 0 Å². The molecule has 1 aliphatic heterocycles. The van der Waals surface area contributed by atoms with Crippen LogP contribution in [-0.2, 0) is 4.79 Å². The van der Waals surface area contributed by atoms with Crippen molar-refractivity contribution in [1.29, 1.82) is 0 Å². The molecule has 4 bridgehead atoms. The fourth-order valence-corrected chi connectivity index (χ4v) is 6.02. The molecule has 132 valence electrons. The SMILES string of the molecule is Cl.O=C(NCCCN1CCNCC1)C12CC3CC(CC(C3)C1)C2. The van der Waals surface area contributed by atoms with Gasteiger partial charge in [0.05, 0.1) is 0 Å². The van der Waals surface area contributed by atoms with Gasteiger partial charge in [-0.05, 0) is 69.2 Å². The Kier molecular flexibility index (Phi) is 5.54. The van der Waals surface area contributed by atoms with Crippen LogP contribution in [0, 0.1) is 23.2 Å². The minimum Gasteiger partial charge on any atom is -0.356 e. The number of amides is 1. The van der Waals surface area contributed by atoms with Gasteiger partial charge < -0.3 is 15.5 Å². The third kappa shape index (κ3) is 3.69. The molecule has 0 atom stereocenters. The van der Waals surface area contributed by atoms with E-state index < -0.39 is 0 Å². The highest BCUT2D eigenvalue weighted by atomic mass is 35.5. The zero-order valence-corrected chi connectivity index (χ0v) is 15.0. The summed E-state index contributed by atoms with van der Waals surface area (Å²) in [7, 11) is 0. The molecule has 23 heavy (non-hydrogen) atoms. The van der Waals surface area contributed by atoms with Crippen LogP contribution >= 0.6 is 12.4 Å². The van der Waals surface area contributed by atoms with Gasteiger partial charge in [0.25, 0.3) is 0 Å². The molecule has 0 aromatic carbocycles. The second-order valence-corrected chi connectivity index (χ2v) is 8.40. The number of hydrogen-bond acceptors (Lipinski definition) is 3. The van der Waals surface area contributed by atoms with E-state index in [1.807, 2.05) is 0 Å². The van der Waals surface area contributed by atoms with Crippen LogP contribution in [0.1, 0.15) is 44.9 Å². The van der Waals surface area contributed by atoms with Crippen LogP contribution in [0.4, 0.5) is 0 Å². The van der Waals surface area contributed by atoms with Crippen LogP contribution in [0.3, 0.4) is 0 Å². The van der Waals surface area contributed by atoms with Gasteiger partial charge in [0.15, 0.2) is 0 Å². The lowest BCUT2D eigenvalue weighted by Crippen LogP contribution is -2.53. The summed E-state index contributed by atoms with van der Waals surface area (Å²) in [5.74, 6) is 2.97. The fourth-order valence-electron chi connectivity index (χ4n) is 6.02. The van der Waals surface area contributed by atoms with E-state index in [1.54, 1.807) is 0 Å². The highest BCUT2D eigenvalue weighted by molar-refractivity contribution is 5.85. The van der Waals surface area contributed by atoms with Crippen LogP contribution < -0.4 is 10.6 Å². The van der Waals surface area contributed by atoms with Crippen LogP contribution in [0.2, 0.25) is 0 Å². The summed E-state index contributed by atoms with van der Waals surface area (Å²) >= 11 is 0. The van der Waals surface area contributed by atoms with Crippen molar-refractivity contribution in [2.75, 3.05) is 39.3 Å². The first kappa shape index (κ1) is 17.5. The lowest BCUT2D eigenvalue weighted by atomic mass is 9.49.